The number of benzene rings is 1. The molecule has 92 valence electrons. The Morgan fingerprint density at radius 2 is 1.88 bits per heavy atom. The summed E-state index contributed by atoms with van der Waals surface area (Å²) in [7, 11) is 1.51. The van der Waals surface area contributed by atoms with E-state index in [0.29, 0.717) is 6.41 Å². The van der Waals surface area contributed by atoms with Crippen molar-refractivity contribution < 1.29 is 9.59 Å². The van der Waals surface area contributed by atoms with E-state index in [1.54, 1.807) is 0 Å². The van der Waals surface area contributed by atoms with Crippen molar-refractivity contribution in [3.8, 4) is 0 Å². The first-order valence-electron chi connectivity index (χ1n) is 5.00. The van der Waals surface area contributed by atoms with Gasteiger partial charge in [-0.1, -0.05) is 17.7 Å². The third kappa shape index (κ3) is 8.68. The highest BCUT2D eigenvalue weighted by molar-refractivity contribution is 5.87. The minimum Gasteiger partial charge on any atom is -0.399 e. The van der Waals surface area contributed by atoms with Crippen LogP contribution in [0.2, 0.25) is 0 Å². The predicted octanol–water partition coefficient (Wildman–Crippen LogP) is 0.569. The van der Waals surface area contributed by atoms with E-state index < -0.39 is 0 Å². The molecule has 0 fully saturated rings. The van der Waals surface area contributed by atoms with Crippen molar-refractivity contribution in [2.24, 2.45) is 0 Å². The van der Waals surface area contributed by atoms with E-state index in [-0.39, 0.29) is 5.91 Å². The number of aryl methyl sites for hydroxylation is 1. The molecular weight excluding hydrogens is 218 g/mol. The Morgan fingerprint density at radius 3 is 2.29 bits per heavy atom. The van der Waals surface area contributed by atoms with Gasteiger partial charge >= 0.3 is 0 Å². The van der Waals surface area contributed by atoms with Crippen molar-refractivity contribution in [1.82, 2.24) is 10.6 Å². The Balaban J connectivity index is 0.000000302. The quantitative estimate of drug-likeness (QED) is 0.407. The van der Waals surface area contributed by atoms with Gasteiger partial charge in [0.05, 0.1) is 0 Å². The molecule has 17 heavy (non-hydrogen) atoms. The van der Waals surface area contributed by atoms with E-state index >= 15 is 0 Å². The fourth-order valence-electron chi connectivity index (χ4n) is 0.813. The number of anilines is 1. The summed E-state index contributed by atoms with van der Waals surface area (Å²) in [6.07, 6.45) is 2.96. The number of hydrogen-bond donors (Lipinski definition) is 3. The number of rotatable bonds is 3. The van der Waals surface area contributed by atoms with Gasteiger partial charge in [0.1, 0.15) is 0 Å². The summed E-state index contributed by atoms with van der Waals surface area (Å²) < 4.78 is 0. The first kappa shape index (κ1) is 14.7. The average Bonchev–Trinajstić information content (AvgIpc) is 2.34. The van der Waals surface area contributed by atoms with Crippen molar-refractivity contribution in [2.45, 2.75) is 6.92 Å². The number of nitrogen functional groups attached to an aromatic ring is 1. The molecular formula is C12H17N3O2. The molecule has 2 amide bonds. The van der Waals surface area contributed by atoms with Crippen LogP contribution < -0.4 is 16.4 Å². The molecule has 0 aromatic heterocycles. The number of likely N-dealkylation sites (N-methyl/N-ethyl adjacent to an activating group) is 1. The smallest absolute Gasteiger partial charge is 0.245 e. The molecule has 1 aromatic carbocycles. The third-order valence-electron chi connectivity index (χ3n) is 1.72. The van der Waals surface area contributed by atoms with Crippen LogP contribution in [0.15, 0.2) is 36.5 Å². The van der Waals surface area contributed by atoms with E-state index in [0.717, 1.165) is 5.69 Å². The van der Waals surface area contributed by atoms with Gasteiger partial charge in [0.15, 0.2) is 0 Å². The molecule has 0 atom stereocenters. The normalized spacial score (nSPS) is 9.06. The first-order valence-corrected chi connectivity index (χ1v) is 5.00. The highest BCUT2D eigenvalue weighted by Gasteiger charge is 1.83. The minimum absolute atomic E-state index is 0.246. The molecule has 5 nitrogen and oxygen atoms in total. The van der Waals surface area contributed by atoms with Crippen molar-refractivity contribution in [3.05, 3.63) is 42.1 Å². The van der Waals surface area contributed by atoms with Gasteiger partial charge in [0.2, 0.25) is 12.3 Å². The number of hydrogen-bond acceptors (Lipinski definition) is 3. The SMILES string of the molecule is CNC(=O)/C=C\NC=O.Cc1ccc(N)cc1. The Kier molecular flexibility index (Phi) is 7.75. The van der Waals surface area contributed by atoms with Crippen LogP contribution in [0.3, 0.4) is 0 Å². The van der Waals surface area contributed by atoms with Crippen LogP contribution in [0.1, 0.15) is 5.56 Å². The minimum atomic E-state index is -0.246. The monoisotopic (exact) mass is 235 g/mol. The zero-order valence-electron chi connectivity index (χ0n) is 9.94. The van der Waals surface area contributed by atoms with E-state index in [9.17, 15) is 9.59 Å². The highest BCUT2D eigenvalue weighted by Crippen LogP contribution is 2.02. The summed E-state index contributed by atoms with van der Waals surface area (Å²) in [5.74, 6) is -0.246. The van der Waals surface area contributed by atoms with Crippen molar-refractivity contribution in [1.29, 1.82) is 0 Å². The summed E-state index contributed by atoms with van der Waals surface area (Å²) in [4.78, 5) is 19.9. The van der Waals surface area contributed by atoms with Gasteiger partial charge in [0, 0.05) is 25.0 Å². The van der Waals surface area contributed by atoms with Crippen LogP contribution in [-0.2, 0) is 9.59 Å². The van der Waals surface area contributed by atoms with Crippen LogP contribution in [-0.4, -0.2) is 19.4 Å². The predicted molar refractivity (Wildman–Crippen MR) is 68.0 cm³/mol. The van der Waals surface area contributed by atoms with Crippen LogP contribution in [0, 0.1) is 6.92 Å². The Hall–Kier alpha value is -2.30. The van der Waals surface area contributed by atoms with E-state index in [4.69, 9.17) is 5.73 Å². The second kappa shape index (κ2) is 8.96. The maximum absolute atomic E-state index is 10.3. The lowest BCUT2D eigenvalue weighted by Gasteiger charge is -1.90. The summed E-state index contributed by atoms with van der Waals surface area (Å²) in [6.45, 7) is 2.04. The van der Waals surface area contributed by atoms with Crippen molar-refractivity contribution in [2.75, 3.05) is 12.8 Å². The Bertz CT molecular complexity index is 351. The molecule has 0 aliphatic carbocycles. The van der Waals surface area contributed by atoms with Crippen LogP contribution in [0.25, 0.3) is 0 Å². The van der Waals surface area contributed by atoms with Crippen LogP contribution in [0.5, 0.6) is 0 Å². The topological polar surface area (TPSA) is 84.2 Å². The molecule has 1 rings (SSSR count). The highest BCUT2D eigenvalue weighted by atomic mass is 16.1. The lowest BCUT2D eigenvalue weighted by Crippen LogP contribution is -2.15. The van der Waals surface area contributed by atoms with Gasteiger partial charge in [-0.2, -0.15) is 0 Å². The molecule has 0 radical (unpaired) electrons. The molecule has 0 bridgehead atoms. The molecule has 0 spiro atoms. The van der Waals surface area contributed by atoms with Gasteiger partial charge in [0.25, 0.3) is 0 Å². The molecule has 0 saturated carbocycles. The van der Waals surface area contributed by atoms with Gasteiger partial charge in [-0.15, -0.1) is 0 Å². The first-order chi connectivity index (χ1) is 8.10. The molecule has 0 heterocycles. The third-order valence-corrected chi connectivity index (χ3v) is 1.72. The van der Waals surface area contributed by atoms with E-state index in [1.807, 2.05) is 31.2 Å². The van der Waals surface area contributed by atoms with Crippen LogP contribution in [0.4, 0.5) is 5.69 Å². The number of carbonyl (C=O) groups is 2. The number of amides is 2. The molecule has 0 saturated heterocycles. The van der Waals surface area contributed by atoms with Crippen molar-refractivity contribution >= 4 is 18.0 Å². The average molecular weight is 235 g/mol. The molecule has 5 heteroatoms. The van der Waals surface area contributed by atoms with E-state index in [1.165, 1.54) is 24.9 Å². The second-order valence-electron chi connectivity index (χ2n) is 3.14. The molecule has 0 aliphatic heterocycles. The largest absolute Gasteiger partial charge is 0.399 e. The molecule has 0 unspecified atom stereocenters. The lowest BCUT2D eigenvalue weighted by molar-refractivity contribution is -0.116. The van der Waals surface area contributed by atoms with Gasteiger partial charge < -0.3 is 16.4 Å². The second-order valence-corrected chi connectivity index (χ2v) is 3.14. The Morgan fingerprint density at radius 1 is 1.29 bits per heavy atom. The molecule has 1 aromatic rings. The summed E-state index contributed by atoms with van der Waals surface area (Å²) >= 11 is 0. The van der Waals surface area contributed by atoms with Crippen molar-refractivity contribution in [3.63, 3.8) is 0 Å². The molecule has 4 N–H and O–H groups in total. The number of nitrogens with two attached hydrogens (primary N) is 1. The van der Waals surface area contributed by atoms with Gasteiger partial charge in [-0.3, -0.25) is 9.59 Å². The summed E-state index contributed by atoms with van der Waals surface area (Å²) in [5, 5.41) is 4.53. The van der Waals surface area contributed by atoms with Crippen LogP contribution >= 0.6 is 0 Å². The van der Waals surface area contributed by atoms with Gasteiger partial charge in [-0.25, -0.2) is 0 Å². The standard InChI is InChI=1S/C7H9N.C5H8N2O2/c1-6-2-4-7(8)5-3-6;1-6-5(9)2-3-7-4-8/h2-5H,8H2,1H3;2-4H,1H3,(H,6,9)(H,7,8)/b;3-2-. The molecule has 0 aliphatic rings. The lowest BCUT2D eigenvalue weighted by atomic mass is 10.2. The van der Waals surface area contributed by atoms with E-state index in [2.05, 4.69) is 10.6 Å². The Labute approximate surface area is 101 Å². The number of carbonyl (C=O) groups excluding carboxylic acids is 2. The fraction of sp³-hybridized carbons (Fsp3) is 0.167. The zero-order chi connectivity index (χ0) is 13.1. The summed E-state index contributed by atoms with van der Waals surface area (Å²) in [6, 6.07) is 7.79. The maximum Gasteiger partial charge on any atom is 0.245 e. The fourth-order valence-corrected chi connectivity index (χ4v) is 0.813. The number of nitrogens with one attached hydrogen (secondary N) is 2. The zero-order valence-corrected chi connectivity index (χ0v) is 9.94. The van der Waals surface area contributed by atoms with Gasteiger partial charge in [-0.05, 0) is 19.1 Å². The summed E-state index contributed by atoms with van der Waals surface area (Å²) in [5.41, 5.74) is 7.51. The maximum atomic E-state index is 10.3.